The molecule has 1 aromatic carbocycles. The lowest BCUT2D eigenvalue weighted by molar-refractivity contribution is -0.140. The van der Waals surface area contributed by atoms with Crippen LogP contribution in [0.15, 0.2) is 23.1 Å². The van der Waals surface area contributed by atoms with Gasteiger partial charge in [-0.05, 0) is 37.5 Å². The van der Waals surface area contributed by atoms with Gasteiger partial charge in [0.15, 0.2) is 0 Å². The van der Waals surface area contributed by atoms with Crippen molar-refractivity contribution < 1.29 is 18.0 Å². The molecular formula is C19H27ClN4O4S. The second-order valence-electron chi connectivity index (χ2n) is 7.49. The number of carbonyl (C=O) groups excluding carboxylic acids is 2. The Bertz CT molecular complexity index is 869. The number of hydrogen-bond acceptors (Lipinski definition) is 5. The molecule has 2 N–H and O–H groups in total. The van der Waals surface area contributed by atoms with Crippen LogP contribution in [0.2, 0.25) is 0 Å². The zero-order chi connectivity index (χ0) is 21.0. The van der Waals surface area contributed by atoms with E-state index in [1.165, 1.54) is 15.4 Å². The van der Waals surface area contributed by atoms with Crippen LogP contribution in [-0.2, 0) is 19.6 Å². The Balaban J connectivity index is 1.71. The first-order valence-corrected chi connectivity index (χ1v) is 11.7. The number of amides is 2. The normalized spacial score (nSPS) is 21.7. The van der Waals surface area contributed by atoms with Crippen molar-refractivity contribution in [1.82, 2.24) is 14.7 Å². The van der Waals surface area contributed by atoms with Crippen molar-refractivity contribution in [2.24, 2.45) is 0 Å². The third-order valence-corrected chi connectivity index (χ3v) is 7.51. The average Bonchev–Trinajstić information content (AvgIpc) is 2.95. The monoisotopic (exact) mass is 442 g/mol. The van der Waals surface area contributed by atoms with Gasteiger partial charge in [-0.2, -0.15) is 4.31 Å². The van der Waals surface area contributed by atoms with Crippen LogP contribution >= 0.6 is 11.6 Å². The minimum Gasteiger partial charge on any atom is -0.324 e. The number of aryl methyl sites for hydroxylation is 1. The first kappa shape index (κ1) is 22.0. The Morgan fingerprint density at radius 2 is 1.93 bits per heavy atom. The lowest BCUT2D eigenvalue weighted by atomic mass is 10.2. The Morgan fingerprint density at radius 1 is 1.24 bits per heavy atom. The number of nitrogens with one attached hydrogen (secondary N) is 2. The number of alkyl halides is 1. The summed E-state index contributed by atoms with van der Waals surface area (Å²) in [6.07, 6.45) is 3.96. The maximum Gasteiger partial charge on any atom is 0.245 e. The number of benzene rings is 1. The zero-order valence-electron chi connectivity index (χ0n) is 16.5. The third-order valence-electron chi connectivity index (χ3n) is 5.16. The fraction of sp³-hybridized carbons (Fsp3) is 0.579. The molecular weight excluding hydrogens is 416 g/mol. The van der Waals surface area contributed by atoms with Gasteiger partial charge in [-0.1, -0.05) is 18.9 Å². The first-order valence-electron chi connectivity index (χ1n) is 9.86. The molecule has 10 heteroatoms. The van der Waals surface area contributed by atoms with Crippen LogP contribution in [0.5, 0.6) is 0 Å². The number of hydrogen-bond donors (Lipinski definition) is 2. The molecule has 0 bridgehead atoms. The van der Waals surface area contributed by atoms with E-state index in [-0.39, 0.29) is 29.1 Å². The molecule has 29 heavy (non-hydrogen) atoms. The summed E-state index contributed by atoms with van der Waals surface area (Å²) in [6, 6.07) is 4.84. The van der Waals surface area contributed by atoms with Gasteiger partial charge in [0.1, 0.15) is 6.54 Å². The Morgan fingerprint density at radius 3 is 2.59 bits per heavy atom. The molecule has 2 aliphatic rings. The van der Waals surface area contributed by atoms with Crippen LogP contribution in [0.25, 0.3) is 0 Å². The quantitative estimate of drug-likeness (QED) is 0.678. The Kier molecular flexibility index (Phi) is 7.15. The number of hydrazine groups is 1. The molecule has 2 saturated heterocycles. The van der Waals surface area contributed by atoms with Crippen molar-refractivity contribution in [2.45, 2.75) is 49.3 Å². The summed E-state index contributed by atoms with van der Waals surface area (Å²) in [5, 5.41) is 3.63. The van der Waals surface area contributed by atoms with Gasteiger partial charge in [0.25, 0.3) is 0 Å². The summed E-state index contributed by atoms with van der Waals surface area (Å²) in [5.74, 6) is -0.666. The number of anilines is 1. The first-order chi connectivity index (χ1) is 13.8. The van der Waals surface area contributed by atoms with Crippen LogP contribution in [0.4, 0.5) is 5.69 Å². The molecule has 2 amide bonds. The molecule has 0 saturated carbocycles. The highest BCUT2D eigenvalue weighted by Gasteiger charge is 2.28. The second-order valence-corrected chi connectivity index (χ2v) is 10.0. The van der Waals surface area contributed by atoms with E-state index >= 15 is 0 Å². The van der Waals surface area contributed by atoms with Gasteiger partial charge in [0, 0.05) is 31.7 Å². The van der Waals surface area contributed by atoms with E-state index in [1.54, 1.807) is 19.1 Å². The van der Waals surface area contributed by atoms with Gasteiger partial charge < -0.3 is 5.32 Å². The van der Waals surface area contributed by atoms with Crippen molar-refractivity contribution in [3.8, 4) is 0 Å². The fourth-order valence-electron chi connectivity index (χ4n) is 3.53. The maximum atomic E-state index is 13.1. The minimum atomic E-state index is -3.63. The zero-order valence-corrected chi connectivity index (χ0v) is 18.1. The number of sulfonamides is 1. The molecule has 0 spiro atoms. The van der Waals surface area contributed by atoms with Crippen LogP contribution < -0.4 is 10.7 Å². The van der Waals surface area contributed by atoms with Crippen molar-refractivity contribution >= 4 is 39.1 Å². The number of nitrogens with zero attached hydrogens (tertiary/aromatic N) is 2. The topological polar surface area (TPSA) is 98.8 Å². The van der Waals surface area contributed by atoms with Crippen molar-refractivity contribution in [3.63, 3.8) is 0 Å². The van der Waals surface area contributed by atoms with E-state index in [1.807, 2.05) is 0 Å². The Labute approximate surface area is 176 Å². The highest BCUT2D eigenvalue weighted by Crippen LogP contribution is 2.26. The summed E-state index contributed by atoms with van der Waals surface area (Å²) in [7, 11) is -3.63. The molecule has 0 radical (unpaired) electrons. The lowest BCUT2D eigenvalue weighted by Crippen LogP contribution is -2.53. The largest absolute Gasteiger partial charge is 0.324 e. The molecule has 3 rings (SSSR count). The van der Waals surface area contributed by atoms with Gasteiger partial charge in [-0.3, -0.25) is 14.6 Å². The Hall–Kier alpha value is -1.68. The molecule has 2 fully saturated rings. The average molecular weight is 443 g/mol. The highest BCUT2D eigenvalue weighted by atomic mass is 35.5. The van der Waals surface area contributed by atoms with E-state index in [0.717, 1.165) is 25.7 Å². The van der Waals surface area contributed by atoms with Crippen LogP contribution in [0, 0.1) is 6.92 Å². The molecule has 0 aromatic heterocycles. The summed E-state index contributed by atoms with van der Waals surface area (Å²) in [4.78, 5) is 24.5. The molecule has 0 aliphatic carbocycles. The van der Waals surface area contributed by atoms with Crippen molar-refractivity contribution in [2.75, 3.05) is 31.5 Å². The van der Waals surface area contributed by atoms with E-state index in [4.69, 9.17) is 11.6 Å². The molecule has 1 unspecified atom stereocenters. The molecule has 2 heterocycles. The van der Waals surface area contributed by atoms with E-state index in [2.05, 4.69) is 10.7 Å². The molecule has 1 atom stereocenters. The summed E-state index contributed by atoms with van der Waals surface area (Å²) in [6.45, 7) is 3.01. The third kappa shape index (κ3) is 5.48. The molecule has 2 aliphatic heterocycles. The van der Waals surface area contributed by atoms with E-state index in [9.17, 15) is 18.0 Å². The van der Waals surface area contributed by atoms with E-state index < -0.39 is 15.9 Å². The lowest BCUT2D eigenvalue weighted by Gasteiger charge is -2.29. The van der Waals surface area contributed by atoms with Crippen molar-refractivity contribution in [1.29, 1.82) is 0 Å². The smallest absolute Gasteiger partial charge is 0.245 e. The van der Waals surface area contributed by atoms with Crippen LogP contribution in [0.1, 0.15) is 37.7 Å². The predicted molar refractivity (Wildman–Crippen MR) is 111 cm³/mol. The molecule has 160 valence electrons. The number of rotatable bonds is 5. The predicted octanol–water partition coefficient (Wildman–Crippen LogP) is 1.84. The van der Waals surface area contributed by atoms with Gasteiger partial charge in [0.2, 0.25) is 21.8 Å². The van der Waals surface area contributed by atoms with E-state index in [0.29, 0.717) is 30.9 Å². The minimum absolute atomic E-state index is 0.171. The summed E-state index contributed by atoms with van der Waals surface area (Å²) < 4.78 is 27.8. The van der Waals surface area contributed by atoms with Crippen molar-refractivity contribution in [3.05, 3.63) is 23.8 Å². The van der Waals surface area contributed by atoms with Gasteiger partial charge in [-0.15, -0.1) is 11.6 Å². The molecule has 8 nitrogen and oxygen atoms in total. The summed E-state index contributed by atoms with van der Waals surface area (Å²) in [5.41, 5.74) is 3.83. The fourth-order valence-corrected chi connectivity index (χ4v) is 5.50. The summed E-state index contributed by atoms with van der Waals surface area (Å²) >= 11 is 5.92. The highest BCUT2D eigenvalue weighted by molar-refractivity contribution is 7.89. The van der Waals surface area contributed by atoms with Crippen LogP contribution in [0.3, 0.4) is 0 Å². The van der Waals surface area contributed by atoms with Crippen LogP contribution in [-0.4, -0.2) is 61.1 Å². The SMILES string of the molecule is Cc1ccc(NC(=O)CN2NCC(Cl)CC2=O)cc1S(=O)(=O)N1CCCCCC1. The van der Waals surface area contributed by atoms with Gasteiger partial charge in [-0.25, -0.2) is 13.8 Å². The number of carbonyl (C=O) groups is 2. The number of halogens is 1. The second kappa shape index (κ2) is 9.42. The molecule has 1 aromatic rings. The standard InChI is InChI=1S/C19H27ClN4O4S/c1-14-6-7-16(22-18(25)13-24-19(26)10-15(20)12-21-24)11-17(14)29(27,28)23-8-4-2-3-5-9-23/h6-7,11,15,21H,2-5,8-10,12-13H2,1H3,(H,22,25). The van der Waals surface area contributed by atoms with Gasteiger partial charge >= 0.3 is 0 Å². The maximum absolute atomic E-state index is 13.1. The van der Waals surface area contributed by atoms with Gasteiger partial charge in [0.05, 0.1) is 10.3 Å².